The second-order valence-electron chi connectivity index (χ2n) is 31.0. The third-order valence-electron chi connectivity index (χ3n) is 19.5. The molecule has 0 saturated carbocycles. The first-order valence-electron chi connectivity index (χ1n) is 47.4. The van der Waals surface area contributed by atoms with E-state index in [-0.39, 0.29) is 19.3 Å². The number of hydrogen-bond acceptors (Lipinski definition) is 14. The third-order valence-corrected chi connectivity index (χ3v) is 21.4. The van der Waals surface area contributed by atoms with Crippen LogP contribution in [0.3, 0.4) is 0 Å². The molecule has 0 aliphatic carbocycles. The van der Waals surface area contributed by atoms with Gasteiger partial charge in [0.1, 0.15) is 25.4 Å². The third kappa shape index (κ3) is 94.6. The van der Waals surface area contributed by atoms with Crippen LogP contribution in [0.15, 0.2) is 207 Å². The van der Waals surface area contributed by atoms with Crippen LogP contribution in [0.4, 0.5) is 0 Å². The van der Waals surface area contributed by atoms with Crippen LogP contribution >= 0.6 is 15.6 Å². The summed E-state index contributed by atoms with van der Waals surface area (Å²) in [7, 11) is -9.83. The van der Waals surface area contributed by atoms with Gasteiger partial charge in [-0.3, -0.25) is 32.5 Å². The van der Waals surface area contributed by atoms with E-state index in [1.165, 1.54) is 109 Å². The molecule has 0 rings (SSSR count). The zero-order chi connectivity index (χ0) is 87.9. The number of carbonyl (C=O) groups is 3. The normalized spacial score (nSPS) is 14.7. The van der Waals surface area contributed by atoms with Crippen molar-refractivity contribution in [1.29, 1.82) is 0 Å². The molecular formula is C103H170O16P2. The number of aliphatic hydroxyl groups excluding tert-OH is 2. The lowest BCUT2D eigenvalue weighted by Gasteiger charge is -2.21. The summed E-state index contributed by atoms with van der Waals surface area (Å²) in [6.07, 6.45) is 126. The van der Waals surface area contributed by atoms with Crippen molar-refractivity contribution in [2.24, 2.45) is 0 Å². The first kappa shape index (κ1) is 115. The molecule has 0 aromatic rings. The van der Waals surface area contributed by atoms with Crippen molar-refractivity contribution < 1.29 is 75.8 Å². The zero-order valence-corrected chi connectivity index (χ0v) is 77.7. The van der Waals surface area contributed by atoms with E-state index in [1.54, 1.807) is 0 Å². The van der Waals surface area contributed by atoms with Crippen molar-refractivity contribution in [1.82, 2.24) is 0 Å². The minimum atomic E-state index is -4.96. The molecule has 16 nitrogen and oxygen atoms in total. The number of phosphoric acid groups is 2. The SMILES string of the molecule is CC/C=C\C/C=C\C/C=C\C/C=C\C/C=C\C/C=C\CCCCCCCCCCCCC(=O)OCC(COP(=O)(O)OCC(O)COP(=O)(O)OCC(O)COC(=O)CCCCCCCCCCCCCCCCC/C=C\C/C=C\C/C=C\C/C=C\C/C=C\CC)OC(=O)CCCCCCCC/C=C\C/C=C\C/C=C\C/C=C\C/C=C\C/C=C\CC. The van der Waals surface area contributed by atoms with Gasteiger partial charge in [-0.1, -0.05) is 388 Å². The molecule has 0 amide bonds. The highest BCUT2D eigenvalue weighted by Crippen LogP contribution is 2.45. The van der Waals surface area contributed by atoms with Crippen molar-refractivity contribution in [3.05, 3.63) is 207 Å². The fraction of sp³-hybridized carbons (Fsp3) is 0.641. The number of allylic oxidation sites excluding steroid dienone is 34. The van der Waals surface area contributed by atoms with Gasteiger partial charge in [-0.25, -0.2) is 9.13 Å². The van der Waals surface area contributed by atoms with Crippen LogP contribution in [0, 0.1) is 0 Å². The summed E-state index contributed by atoms with van der Waals surface area (Å²) in [4.78, 5) is 59.1. The smallest absolute Gasteiger partial charge is 0.463 e. The van der Waals surface area contributed by atoms with Gasteiger partial charge < -0.3 is 34.2 Å². The Morgan fingerprint density at radius 3 is 0.653 bits per heavy atom. The minimum absolute atomic E-state index is 0.0788. The van der Waals surface area contributed by atoms with Gasteiger partial charge in [-0.2, -0.15) is 0 Å². The summed E-state index contributed by atoms with van der Waals surface area (Å²) in [5.41, 5.74) is 0. The number of rotatable bonds is 88. The Labute approximate surface area is 737 Å². The fourth-order valence-electron chi connectivity index (χ4n) is 12.4. The molecule has 121 heavy (non-hydrogen) atoms. The van der Waals surface area contributed by atoms with Crippen LogP contribution in [-0.2, 0) is 55.8 Å². The number of aliphatic hydroxyl groups is 2. The highest BCUT2D eigenvalue weighted by atomic mass is 31.2. The lowest BCUT2D eigenvalue weighted by molar-refractivity contribution is -0.161. The van der Waals surface area contributed by atoms with Crippen LogP contribution in [0.25, 0.3) is 0 Å². The van der Waals surface area contributed by atoms with E-state index in [0.29, 0.717) is 19.3 Å². The number of unbranched alkanes of at least 4 members (excludes halogenated alkanes) is 31. The molecule has 0 aromatic carbocycles. The second kappa shape index (κ2) is 93.3. The molecule has 5 unspecified atom stereocenters. The fourth-order valence-corrected chi connectivity index (χ4v) is 14.0. The molecule has 0 fully saturated rings. The summed E-state index contributed by atoms with van der Waals surface area (Å²) in [6.45, 7) is 2.35. The predicted octanol–water partition coefficient (Wildman–Crippen LogP) is 29.6. The number of phosphoric ester groups is 2. The lowest BCUT2D eigenvalue weighted by Crippen LogP contribution is -2.30. The number of hydrogen-bond donors (Lipinski definition) is 4. The lowest BCUT2D eigenvalue weighted by atomic mass is 10.0. The second-order valence-corrected chi connectivity index (χ2v) is 33.9. The van der Waals surface area contributed by atoms with E-state index in [9.17, 15) is 43.5 Å². The summed E-state index contributed by atoms with van der Waals surface area (Å²) in [6, 6.07) is 0. The Kier molecular flexibility index (Phi) is 88.8. The first-order chi connectivity index (χ1) is 59.2. The van der Waals surface area contributed by atoms with Gasteiger partial charge in [0.05, 0.1) is 26.4 Å². The van der Waals surface area contributed by atoms with Crippen molar-refractivity contribution in [2.45, 2.75) is 386 Å². The molecule has 0 aromatic heterocycles. The van der Waals surface area contributed by atoms with Gasteiger partial charge in [0.25, 0.3) is 0 Å². The van der Waals surface area contributed by atoms with E-state index < -0.39 is 91.5 Å². The average molecular weight is 1730 g/mol. The Morgan fingerprint density at radius 1 is 0.231 bits per heavy atom. The van der Waals surface area contributed by atoms with Crippen LogP contribution < -0.4 is 0 Å². The van der Waals surface area contributed by atoms with Gasteiger partial charge in [-0.15, -0.1) is 0 Å². The molecule has 5 atom stereocenters. The molecule has 0 aliphatic rings. The number of esters is 3. The molecule has 688 valence electrons. The summed E-state index contributed by atoms with van der Waals surface area (Å²) in [5, 5.41) is 20.8. The molecule has 18 heteroatoms. The highest BCUT2D eigenvalue weighted by molar-refractivity contribution is 7.47. The molecule has 0 spiro atoms. The quantitative estimate of drug-likeness (QED) is 0.0146. The topological polar surface area (TPSA) is 231 Å². The summed E-state index contributed by atoms with van der Waals surface area (Å²) in [5.74, 6) is -1.60. The van der Waals surface area contributed by atoms with Crippen LogP contribution in [-0.4, -0.2) is 95.9 Å². The van der Waals surface area contributed by atoms with Gasteiger partial charge in [0.2, 0.25) is 0 Å². The van der Waals surface area contributed by atoms with E-state index in [1.807, 2.05) is 0 Å². The summed E-state index contributed by atoms with van der Waals surface area (Å²) < 4.78 is 61.5. The molecule has 4 N–H and O–H groups in total. The highest BCUT2D eigenvalue weighted by Gasteiger charge is 2.29. The van der Waals surface area contributed by atoms with Gasteiger partial charge in [-0.05, 0) is 167 Å². The standard InChI is InChI=1S/C103H170O16P2/c1-4-7-10-13-16-19-22-25-28-31-34-37-40-43-45-47-48-50-52-54-56-59-62-65-68-71-74-77-80-83-86-89-101(106)113-92-98(104)93-115-120(109,110)116-94-99(105)95-117-121(111,112)118-97-100(119-103(108)91-88-85-82-79-76-73-70-67-64-61-58-53-42-39-36-33-30-27-24-21-18-15-12-9-6-3)96-114-102(107)90-87-84-81-78-75-72-69-66-63-60-57-55-51-49-46-44-41-38-35-32-29-26-23-20-17-14-11-8-5-2/h7-12,16-21,25-30,34-39,43-46,51,53,55,58,64,67,98-100,104-105H,4-6,13-15,22-24,31-33,40-42,47-50,52,54,56-57,59-63,65-66,68-97H2,1-3H3,(H,109,110)(H,111,112)/b10-7-,11-8-,12-9-,19-16-,20-17-,21-18-,28-25-,29-26-,30-27-,37-34-,38-35-,39-36-,45-43-,46-44-,55-51-,58-53-,67-64-. The molecule has 0 bridgehead atoms. The van der Waals surface area contributed by atoms with E-state index in [0.717, 1.165) is 199 Å². The average Bonchev–Trinajstić information content (AvgIpc) is 0.873. The monoisotopic (exact) mass is 1730 g/mol. The largest absolute Gasteiger partial charge is 0.472 e. The van der Waals surface area contributed by atoms with Crippen LogP contribution in [0.1, 0.15) is 367 Å². The Hall–Kier alpha value is -5.87. The van der Waals surface area contributed by atoms with Crippen molar-refractivity contribution in [2.75, 3.05) is 39.6 Å². The van der Waals surface area contributed by atoms with Gasteiger partial charge in [0.15, 0.2) is 6.10 Å². The molecule has 0 heterocycles. The number of ether oxygens (including phenoxy) is 3. The van der Waals surface area contributed by atoms with Gasteiger partial charge in [0, 0.05) is 19.3 Å². The van der Waals surface area contributed by atoms with E-state index >= 15 is 0 Å². The molecule has 0 radical (unpaired) electrons. The molecular weight excluding hydrogens is 1560 g/mol. The molecule has 0 saturated heterocycles. The maximum atomic E-state index is 13.1. The van der Waals surface area contributed by atoms with E-state index in [4.69, 9.17) is 32.3 Å². The Balaban J connectivity index is 4.67. The van der Waals surface area contributed by atoms with Crippen molar-refractivity contribution >= 4 is 33.6 Å². The van der Waals surface area contributed by atoms with Crippen molar-refractivity contribution in [3.8, 4) is 0 Å². The van der Waals surface area contributed by atoms with Crippen molar-refractivity contribution in [3.63, 3.8) is 0 Å². The predicted molar refractivity (Wildman–Crippen MR) is 509 cm³/mol. The molecule has 0 aliphatic heterocycles. The Bertz CT molecular complexity index is 3030. The van der Waals surface area contributed by atoms with Gasteiger partial charge >= 0.3 is 33.6 Å². The van der Waals surface area contributed by atoms with Crippen LogP contribution in [0.5, 0.6) is 0 Å². The summed E-state index contributed by atoms with van der Waals surface area (Å²) >= 11 is 0. The first-order valence-corrected chi connectivity index (χ1v) is 50.4. The van der Waals surface area contributed by atoms with E-state index in [2.05, 4.69) is 227 Å². The zero-order valence-electron chi connectivity index (χ0n) is 75.9. The maximum Gasteiger partial charge on any atom is 0.472 e. The minimum Gasteiger partial charge on any atom is -0.463 e. The Morgan fingerprint density at radius 2 is 0.413 bits per heavy atom. The number of carbonyl (C=O) groups excluding carboxylic acids is 3. The van der Waals surface area contributed by atoms with Crippen LogP contribution in [0.2, 0.25) is 0 Å². The maximum absolute atomic E-state index is 13.1.